The molecule has 5 rings (SSSR count). The highest BCUT2D eigenvalue weighted by Gasteiger charge is 2.54. The number of aromatic amines is 1. The van der Waals surface area contributed by atoms with E-state index in [0.29, 0.717) is 41.6 Å². The number of hydrogen-bond acceptors (Lipinski definition) is 6. The highest BCUT2D eigenvalue weighted by Crippen LogP contribution is 2.47. The second-order valence-corrected chi connectivity index (χ2v) is 7.42. The maximum Gasteiger partial charge on any atom is 0.145 e. The summed E-state index contributed by atoms with van der Waals surface area (Å²) in [6.45, 7) is 0.757. The Morgan fingerprint density at radius 3 is 2.53 bits per heavy atom. The molecule has 0 amide bonds. The lowest BCUT2D eigenvalue weighted by Gasteiger charge is -2.35. The first-order valence-electron chi connectivity index (χ1n) is 9.66. The van der Waals surface area contributed by atoms with E-state index in [9.17, 15) is 5.11 Å². The number of fused-ring (bicyclic) bond motifs is 1. The molecule has 1 unspecified atom stereocenters. The highest BCUT2D eigenvalue weighted by atomic mass is 16.5. The number of aromatic nitrogens is 2. The molecule has 1 fully saturated rings. The van der Waals surface area contributed by atoms with Gasteiger partial charge in [0.1, 0.15) is 34.5 Å². The van der Waals surface area contributed by atoms with Gasteiger partial charge in [0, 0.05) is 31.2 Å². The summed E-state index contributed by atoms with van der Waals surface area (Å²) in [5, 5.41) is 20.4. The zero-order valence-electron chi connectivity index (χ0n) is 16.7. The Kier molecular flexibility index (Phi) is 4.18. The minimum absolute atomic E-state index is 0.0887. The zero-order chi connectivity index (χ0) is 20.9. The molecule has 3 N–H and O–H groups in total. The summed E-state index contributed by atoms with van der Waals surface area (Å²) in [6, 6.07) is 13.1. The topological polar surface area (TPSA) is 104 Å². The van der Waals surface area contributed by atoms with Gasteiger partial charge in [-0.25, -0.2) is 4.98 Å². The second-order valence-electron chi connectivity index (χ2n) is 7.42. The molecule has 1 aromatic heterocycles. The van der Waals surface area contributed by atoms with Gasteiger partial charge in [-0.15, -0.1) is 0 Å². The van der Waals surface area contributed by atoms with E-state index in [4.69, 9.17) is 19.6 Å². The first kappa shape index (κ1) is 18.5. The molecule has 0 saturated carbocycles. The normalized spacial score (nSPS) is 21.3. The van der Waals surface area contributed by atoms with Crippen LogP contribution in [0.3, 0.4) is 0 Å². The molecular weight excluding hydrogens is 384 g/mol. The fourth-order valence-electron chi connectivity index (χ4n) is 4.29. The van der Waals surface area contributed by atoms with Gasteiger partial charge in [-0.1, -0.05) is 12.1 Å². The molecule has 2 aromatic carbocycles. The fraction of sp³-hybridized carbons (Fsp3) is 0.273. The molecular formula is C22H22N4O4. The van der Waals surface area contributed by atoms with Gasteiger partial charge < -0.3 is 29.2 Å². The van der Waals surface area contributed by atoms with E-state index in [1.165, 1.54) is 0 Å². The number of amidine groups is 1. The van der Waals surface area contributed by atoms with Crippen molar-refractivity contribution in [3.63, 3.8) is 0 Å². The Hall–Kier alpha value is -3.52. The predicted molar refractivity (Wildman–Crippen MR) is 114 cm³/mol. The van der Waals surface area contributed by atoms with Gasteiger partial charge in [0.25, 0.3) is 0 Å². The molecule has 2 aliphatic rings. The molecule has 8 nitrogen and oxygen atoms in total. The lowest BCUT2D eigenvalue weighted by atomic mass is 9.94. The first-order valence-corrected chi connectivity index (χ1v) is 9.66. The van der Waals surface area contributed by atoms with Crippen molar-refractivity contribution in [2.24, 2.45) is 0 Å². The summed E-state index contributed by atoms with van der Waals surface area (Å²) < 4.78 is 16.5. The Bertz CT molecular complexity index is 1120. The summed E-state index contributed by atoms with van der Waals surface area (Å²) >= 11 is 0. The van der Waals surface area contributed by atoms with Gasteiger partial charge in [0.15, 0.2) is 0 Å². The van der Waals surface area contributed by atoms with E-state index in [0.717, 1.165) is 11.0 Å². The molecule has 3 heterocycles. The average Bonchev–Trinajstić information content (AvgIpc) is 3.45. The fourth-order valence-corrected chi connectivity index (χ4v) is 4.29. The average molecular weight is 406 g/mol. The summed E-state index contributed by atoms with van der Waals surface area (Å²) in [5.74, 6) is 1.89. The van der Waals surface area contributed by atoms with Gasteiger partial charge in [-0.3, -0.25) is 5.41 Å². The maximum absolute atomic E-state index is 11.4. The van der Waals surface area contributed by atoms with Crippen molar-refractivity contribution in [2.75, 3.05) is 32.3 Å². The van der Waals surface area contributed by atoms with E-state index >= 15 is 0 Å². The van der Waals surface area contributed by atoms with Crippen LogP contribution in [-0.4, -0.2) is 53.9 Å². The van der Waals surface area contributed by atoms with E-state index in [2.05, 4.69) is 9.97 Å². The van der Waals surface area contributed by atoms with E-state index in [1.807, 2.05) is 36.4 Å². The second kappa shape index (κ2) is 6.77. The summed E-state index contributed by atoms with van der Waals surface area (Å²) in [6.07, 6.45) is 0.546. The molecule has 0 radical (unpaired) electrons. The third-order valence-electron chi connectivity index (χ3n) is 5.79. The maximum atomic E-state index is 11.4. The molecule has 0 bridgehead atoms. The van der Waals surface area contributed by atoms with Crippen molar-refractivity contribution in [3.05, 3.63) is 54.0 Å². The number of para-hydroxylation sites is 2. The molecule has 1 spiro atoms. The Labute approximate surface area is 173 Å². The van der Waals surface area contributed by atoms with Crippen LogP contribution in [0.4, 0.5) is 5.69 Å². The number of H-pyrrole nitrogens is 1. The lowest BCUT2D eigenvalue weighted by Crippen LogP contribution is -2.49. The smallest absolute Gasteiger partial charge is 0.145 e. The number of rotatable bonds is 4. The van der Waals surface area contributed by atoms with Crippen LogP contribution in [-0.2, 0) is 4.74 Å². The number of nitrogens with one attached hydrogen (secondary N) is 2. The van der Waals surface area contributed by atoms with Crippen LogP contribution in [0.1, 0.15) is 12.2 Å². The van der Waals surface area contributed by atoms with E-state index < -0.39 is 5.54 Å². The van der Waals surface area contributed by atoms with Crippen LogP contribution >= 0.6 is 0 Å². The van der Waals surface area contributed by atoms with Crippen molar-refractivity contribution < 1.29 is 19.3 Å². The highest BCUT2D eigenvalue weighted by molar-refractivity contribution is 6.31. The van der Waals surface area contributed by atoms with Gasteiger partial charge in [-0.05, 0) is 12.1 Å². The van der Waals surface area contributed by atoms with Crippen molar-refractivity contribution in [1.29, 1.82) is 5.41 Å². The number of nitrogens with zero attached hydrogens (tertiary/aromatic N) is 2. The molecule has 0 aliphatic carbocycles. The molecule has 1 atom stereocenters. The summed E-state index contributed by atoms with van der Waals surface area (Å²) in [4.78, 5) is 9.64. The number of methoxy groups -OCH3 is 2. The summed E-state index contributed by atoms with van der Waals surface area (Å²) in [5.41, 5.74) is 1.80. The van der Waals surface area contributed by atoms with Crippen LogP contribution in [0.25, 0.3) is 16.6 Å². The van der Waals surface area contributed by atoms with Crippen LogP contribution in [0.5, 0.6) is 11.5 Å². The lowest BCUT2D eigenvalue weighted by molar-refractivity contribution is 0.174. The SMILES string of the molecule is COc1cc(OC)cc(N2C(=N)C(c3nc4ccccc4[nH]3)=C(O)C23CCOC3)c1. The number of ether oxygens (including phenoxy) is 3. The van der Waals surface area contributed by atoms with Crippen LogP contribution in [0.15, 0.2) is 48.2 Å². The number of aliphatic hydroxyl groups is 1. The molecule has 1 saturated heterocycles. The number of imidazole rings is 1. The number of anilines is 1. The Balaban J connectivity index is 1.68. The third kappa shape index (κ3) is 2.57. The quantitative estimate of drug-likeness (QED) is 0.613. The molecule has 3 aromatic rings. The van der Waals surface area contributed by atoms with Crippen molar-refractivity contribution in [1.82, 2.24) is 9.97 Å². The monoisotopic (exact) mass is 406 g/mol. The minimum atomic E-state index is -0.872. The van der Waals surface area contributed by atoms with Crippen LogP contribution in [0, 0.1) is 5.41 Å². The van der Waals surface area contributed by atoms with Gasteiger partial charge in [-0.2, -0.15) is 0 Å². The van der Waals surface area contributed by atoms with Gasteiger partial charge >= 0.3 is 0 Å². The number of hydrogen-bond donors (Lipinski definition) is 3. The minimum Gasteiger partial charge on any atom is -0.509 e. The standard InChI is InChI=1S/C22H22N4O4/c1-28-14-9-13(10-15(11-14)29-2)26-20(23)18(19(27)22(26)7-8-30-12-22)21-24-16-5-3-4-6-17(16)25-21/h3-6,9-11,23,27H,7-8,12H2,1-2H3,(H,24,25). The van der Waals surface area contributed by atoms with Crippen LogP contribution < -0.4 is 14.4 Å². The van der Waals surface area contributed by atoms with Gasteiger partial charge in [0.2, 0.25) is 0 Å². The largest absolute Gasteiger partial charge is 0.509 e. The van der Waals surface area contributed by atoms with Crippen molar-refractivity contribution in [3.8, 4) is 11.5 Å². The molecule has 2 aliphatic heterocycles. The van der Waals surface area contributed by atoms with Crippen molar-refractivity contribution in [2.45, 2.75) is 12.0 Å². The first-order chi connectivity index (χ1) is 14.6. The Morgan fingerprint density at radius 1 is 1.17 bits per heavy atom. The molecule has 154 valence electrons. The summed E-state index contributed by atoms with van der Waals surface area (Å²) in [7, 11) is 3.16. The van der Waals surface area contributed by atoms with E-state index in [1.54, 1.807) is 25.2 Å². The van der Waals surface area contributed by atoms with Crippen molar-refractivity contribution >= 4 is 28.1 Å². The molecule has 8 heteroatoms. The van der Waals surface area contributed by atoms with Gasteiger partial charge in [0.05, 0.1) is 43.1 Å². The Morgan fingerprint density at radius 2 is 1.90 bits per heavy atom. The predicted octanol–water partition coefficient (Wildman–Crippen LogP) is 3.51. The molecule has 30 heavy (non-hydrogen) atoms. The number of aliphatic hydroxyl groups excluding tert-OH is 1. The third-order valence-corrected chi connectivity index (χ3v) is 5.79. The van der Waals surface area contributed by atoms with E-state index in [-0.39, 0.29) is 18.2 Å². The zero-order valence-corrected chi connectivity index (χ0v) is 16.7. The number of benzene rings is 2. The van der Waals surface area contributed by atoms with Crippen LogP contribution in [0.2, 0.25) is 0 Å².